The molecular formula is C25H19N3O5. The van der Waals surface area contributed by atoms with Crippen LogP contribution in [0, 0.1) is 0 Å². The number of H-pyrrole nitrogens is 1. The van der Waals surface area contributed by atoms with Crippen LogP contribution in [-0.2, 0) is 9.53 Å². The minimum absolute atomic E-state index is 0.0556. The molecule has 1 aromatic heterocycles. The monoisotopic (exact) mass is 441 g/mol. The highest BCUT2D eigenvalue weighted by atomic mass is 16.5. The van der Waals surface area contributed by atoms with Gasteiger partial charge in [-0.05, 0) is 23.8 Å². The summed E-state index contributed by atoms with van der Waals surface area (Å²) >= 11 is 0. The van der Waals surface area contributed by atoms with E-state index in [-0.39, 0.29) is 18.3 Å². The molecular weight excluding hydrogens is 422 g/mol. The Labute approximate surface area is 188 Å². The van der Waals surface area contributed by atoms with E-state index in [0.717, 1.165) is 5.56 Å². The number of para-hydroxylation sites is 2. The van der Waals surface area contributed by atoms with Gasteiger partial charge in [-0.15, -0.1) is 0 Å². The van der Waals surface area contributed by atoms with E-state index in [4.69, 9.17) is 9.47 Å². The Morgan fingerprint density at radius 1 is 0.970 bits per heavy atom. The fraction of sp³-hybridized carbons (Fsp3) is 0.120. The maximum absolute atomic E-state index is 13.3. The number of aromatic nitrogens is 2. The minimum atomic E-state index is -0.798. The van der Waals surface area contributed by atoms with E-state index in [0.29, 0.717) is 22.2 Å². The highest BCUT2D eigenvalue weighted by Gasteiger charge is 2.34. The second-order valence-corrected chi connectivity index (χ2v) is 7.49. The van der Waals surface area contributed by atoms with Crippen LogP contribution in [0.5, 0.6) is 5.75 Å². The van der Waals surface area contributed by atoms with Gasteiger partial charge in [-0.25, -0.2) is 9.89 Å². The van der Waals surface area contributed by atoms with E-state index < -0.39 is 24.0 Å². The predicted molar refractivity (Wildman–Crippen MR) is 121 cm³/mol. The number of rotatable bonds is 4. The zero-order valence-electron chi connectivity index (χ0n) is 17.4. The van der Waals surface area contributed by atoms with Gasteiger partial charge < -0.3 is 9.47 Å². The molecule has 0 spiro atoms. The van der Waals surface area contributed by atoms with Gasteiger partial charge in [0.05, 0.1) is 17.1 Å². The average Bonchev–Trinajstić information content (AvgIpc) is 2.87. The van der Waals surface area contributed by atoms with Crippen molar-refractivity contribution >= 4 is 28.3 Å². The number of nitrogens with one attached hydrogen (secondary N) is 1. The SMILES string of the molecule is O=C(OCC(=O)N1c2ccccc2OCC1c1ccccc1)c1n[nH]c(=O)c2ccccc12. The first-order valence-corrected chi connectivity index (χ1v) is 10.4. The molecule has 33 heavy (non-hydrogen) atoms. The molecule has 5 rings (SSSR count). The summed E-state index contributed by atoms with van der Waals surface area (Å²) in [4.78, 5) is 39.6. The summed E-state index contributed by atoms with van der Waals surface area (Å²) in [7, 11) is 0. The molecule has 1 unspecified atom stereocenters. The average molecular weight is 441 g/mol. The first-order chi connectivity index (χ1) is 16.1. The molecule has 1 amide bonds. The van der Waals surface area contributed by atoms with E-state index in [9.17, 15) is 14.4 Å². The van der Waals surface area contributed by atoms with Gasteiger partial charge in [0, 0.05) is 5.39 Å². The molecule has 1 N–H and O–H groups in total. The Balaban J connectivity index is 1.42. The quantitative estimate of drug-likeness (QED) is 0.488. The highest BCUT2D eigenvalue weighted by Crippen LogP contribution is 2.39. The van der Waals surface area contributed by atoms with Crippen molar-refractivity contribution in [3.8, 4) is 5.75 Å². The van der Waals surface area contributed by atoms with Crippen molar-refractivity contribution in [2.45, 2.75) is 6.04 Å². The van der Waals surface area contributed by atoms with Gasteiger partial charge in [0.25, 0.3) is 11.5 Å². The van der Waals surface area contributed by atoms with E-state index >= 15 is 0 Å². The summed E-state index contributed by atoms with van der Waals surface area (Å²) in [6.07, 6.45) is 0. The van der Waals surface area contributed by atoms with Crippen molar-refractivity contribution in [2.24, 2.45) is 0 Å². The van der Waals surface area contributed by atoms with Crippen molar-refractivity contribution in [1.29, 1.82) is 0 Å². The number of carbonyl (C=O) groups is 2. The summed E-state index contributed by atoms with van der Waals surface area (Å²) in [6, 6.07) is 23.0. The van der Waals surface area contributed by atoms with Gasteiger partial charge in [0.1, 0.15) is 12.4 Å². The van der Waals surface area contributed by atoms with Crippen molar-refractivity contribution < 1.29 is 19.1 Å². The molecule has 0 saturated heterocycles. The molecule has 0 radical (unpaired) electrons. The van der Waals surface area contributed by atoms with Crippen LogP contribution in [0.3, 0.4) is 0 Å². The molecule has 1 aliphatic heterocycles. The highest BCUT2D eigenvalue weighted by molar-refractivity contribution is 6.03. The van der Waals surface area contributed by atoms with Gasteiger partial charge >= 0.3 is 5.97 Å². The van der Waals surface area contributed by atoms with Gasteiger partial charge in [0.2, 0.25) is 0 Å². The molecule has 0 fully saturated rings. The number of carbonyl (C=O) groups excluding carboxylic acids is 2. The number of aromatic amines is 1. The fourth-order valence-electron chi connectivity index (χ4n) is 3.95. The molecule has 8 nitrogen and oxygen atoms in total. The summed E-state index contributed by atoms with van der Waals surface area (Å²) in [5, 5.41) is 6.81. The zero-order valence-corrected chi connectivity index (χ0v) is 17.4. The summed E-state index contributed by atoms with van der Waals surface area (Å²) < 4.78 is 11.2. The fourth-order valence-corrected chi connectivity index (χ4v) is 3.95. The van der Waals surface area contributed by atoms with Crippen molar-refractivity contribution in [3.05, 3.63) is 100 Å². The van der Waals surface area contributed by atoms with E-state index in [1.807, 2.05) is 42.5 Å². The number of amides is 1. The Hall–Kier alpha value is -4.46. The number of esters is 1. The lowest BCUT2D eigenvalue weighted by Gasteiger charge is -2.37. The molecule has 0 bridgehead atoms. The lowest BCUT2D eigenvalue weighted by atomic mass is 10.0. The molecule has 0 aliphatic carbocycles. The van der Waals surface area contributed by atoms with Crippen LogP contribution < -0.4 is 15.2 Å². The van der Waals surface area contributed by atoms with Crippen LogP contribution in [0.4, 0.5) is 5.69 Å². The third-order valence-corrected chi connectivity index (χ3v) is 5.50. The standard InChI is InChI=1S/C25H19N3O5/c29-22(15-33-25(31)23-17-10-4-5-11-18(17)24(30)27-26-23)28-19-12-6-7-13-21(19)32-14-20(28)16-8-2-1-3-9-16/h1-13,20H,14-15H2,(H,27,30). The number of ether oxygens (including phenoxy) is 2. The largest absolute Gasteiger partial charge is 0.489 e. The number of anilines is 1. The Morgan fingerprint density at radius 2 is 1.67 bits per heavy atom. The minimum Gasteiger partial charge on any atom is -0.489 e. The summed E-state index contributed by atoms with van der Waals surface area (Å²) in [5.41, 5.74) is 1.04. The number of hydrogen-bond acceptors (Lipinski definition) is 6. The number of benzene rings is 3. The Bertz CT molecular complexity index is 1400. The van der Waals surface area contributed by atoms with Crippen molar-refractivity contribution in [1.82, 2.24) is 10.2 Å². The maximum Gasteiger partial charge on any atom is 0.359 e. The topological polar surface area (TPSA) is 102 Å². The van der Waals surface area contributed by atoms with Gasteiger partial charge in [-0.1, -0.05) is 60.7 Å². The first kappa shape index (κ1) is 20.4. The maximum atomic E-state index is 13.3. The summed E-state index contributed by atoms with van der Waals surface area (Å²) in [6.45, 7) is -0.224. The molecule has 1 aliphatic rings. The van der Waals surface area contributed by atoms with Gasteiger partial charge in [-0.2, -0.15) is 5.10 Å². The third-order valence-electron chi connectivity index (χ3n) is 5.50. The van der Waals surface area contributed by atoms with Crippen LogP contribution in [0.15, 0.2) is 83.7 Å². The van der Waals surface area contributed by atoms with E-state index in [1.165, 1.54) is 0 Å². The zero-order chi connectivity index (χ0) is 22.8. The third kappa shape index (κ3) is 3.82. The molecule has 8 heteroatoms. The van der Waals surface area contributed by atoms with Gasteiger partial charge in [-0.3, -0.25) is 14.5 Å². The van der Waals surface area contributed by atoms with Crippen LogP contribution in [0.25, 0.3) is 10.8 Å². The molecule has 164 valence electrons. The lowest BCUT2D eigenvalue weighted by molar-refractivity contribution is -0.122. The Morgan fingerprint density at radius 3 is 2.48 bits per heavy atom. The molecule has 3 aromatic carbocycles. The van der Waals surface area contributed by atoms with Crippen LogP contribution >= 0.6 is 0 Å². The van der Waals surface area contributed by atoms with Crippen LogP contribution in [-0.4, -0.2) is 35.3 Å². The second kappa shape index (κ2) is 8.58. The second-order valence-electron chi connectivity index (χ2n) is 7.49. The van der Waals surface area contributed by atoms with E-state index in [1.54, 1.807) is 41.3 Å². The molecule has 2 heterocycles. The molecule has 4 aromatic rings. The lowest BCUT2D eigenvalue weighted by Crippen LogP contribution is -2.43. The molecule has 0 saturated carbocycles. The van der Waals surface area contributed by atoms with Gasteiger partial charge in [0.15, 0.2) is 12.3 Å². The summed E-state index contributed by atoms with van der Waals surface area (Å²) in [5.74, 6) is -0.618. The normalized spacial score (nSPS) is 14.9. The Kier molecular flexibility index (Phi) is 5.32. The van der Waals surface area contributed by atoms with Crippen LogP contribution in [0.1, 0.15) is 22.1 Å². The van der Waals surface area contributed by atoms with Crippen molar-refractivity contribution in [3.63, 3.8) is 0 Å². The predicted octanol–water partition coefficient (Wildman–Crippen LogP) is 3.25. The number of hydrogen-bond donors (Lipinski definition) is 1. The molecule has 1 atom stereocenters. The van der Waals surface area contributed by atoms with E-state index in [2.05, 4.69) is 10.2 Å². The number of nitrogens with zero attached hydrogens (tertiary/aromatic N) is 2. The first-order valence-electron chi connectivity index (χ1n) is 10.4. The van der Waals surface area contributed by atoms with Crippen molar-refractivity contribution in [2.75, 3.05) is 18.1 Å². The van der Waals surface area contributed by atoms with Crippen LogP contribution in [0.2, 0.25) is 0 Å². The smallest absolute Gasteiger partial charge is 0.359 e. The number of fused-ring (bicyclic) bond motifs is 2.